The molecule has 0 unspecified atom stereocenters. The van der Waals surface area contributed by atoms with E-state index in [0.717, 1.165) is 43.4 Å². The molecular formula is C28H33FN6O2. The zero-order valence-electron chi connectivity index (χ0n) is 21.4. The summed E-state index contributed by atoms with van der Waals surface area (Å²) in [6.45, 7) is 5.92. The molecule has 2 fully saturated rings. The number of aromatic nitrogens is 3. The van der Waals surface area contributed by atoms with Crippen molar-refractivity contribution < 1.29 is 14.2 Å². The quantitative estimate of drug-likeness (QED) is 0.429. The number of anilines is 1. The number of rotatable bonds is 3. The minimum Gasteiger partial charge on any atom is -0.508 e. The van der Waals surface area contributed by atoms with E-state index in [-0.39, 0.29) is 23.0 Å². The molecule has 0 aliphatic carbocycles. The third-order valence-corrected chi connectivity index (χ3v) is 6.90. The van der Waals surface area contributed by atoms with Gasteiger partial charge in [-0.25, -0.2) is 4.39 Å². The molecule has 0 spiro atoms. The maximum Gasteiger partial charge on any atom is 0.318 e. The van der Waals surface area contributed by atoms with Crippen molar-refractivity contribution in [3.8, 4) is 23.0 Å². The van der Waals surface area contributed by atoms with E-state index in [1.807, 2.05) is 24.3 Å². The van der Waals surface area contributed by atoms with Crippen LogP contribution in [0.25, 0.3) is 32.9 Å². The van der Waals surface area contributed by atoms with Gasteiger partial charge in [-0.3, -0.25) is 4.98 Å². The standard InChI is InChI=1S/C23H22FN5O2.C5H11N/c1-31-23-27-21-18(22(28-23)29-9-4-7-25-8-10-29)13-26-20(19(21)24)17-12-15(30)11-14-5-2-3-6-16(14)17;1-6-4-2-3-5-6/h2-3,5-6,11-13,25,30H,4,7-10H2,1H3;2-5H2,1H3. The molecule has 2 aromatic carbocycles. The van der Waals surface area contributed by atoms with E-state index in [2.05, 4.69) is 37.1 Å². The largest absolute Gasteiger partial charge is 0.508 e. The zero-order valence-corrected chi connectivity index (χ0v) is 21.4. The number of nitrogens with one attached hydrogen (secondary N) is 1. The summed E-state index contributed by atoms with van der Waals surface area (Å²) in [5.74, 6) is 0.0976. The second-order valence-electron chi connectivity index (χ2n) is 9.53. The van der Waals surface area contributed by atoms with Crippen LogP contribution < -0.4 is 15.0 Å². The highest BCUT2D eigenvalue weighted by atomic mass is 19.1. The van der Waals surface area contributed by atoms with Gasteiger partial charge in [0.25, 0.3) is 0 Å². The number of likely N-dealkylation sites (tertiary alicyclic amines) is 1. The number of aromatic hydroxyl groups is 1. The Morgan fingerprint density at radius 2 is 1.78 bits per heavy atom. The number of methoxy groups -OCH3 is 1. The lowest BCUT2D eigenvalue weighted by Gasteiger charge is -2.23. The molecule has 6 rings (SSSR count). The number of hydrogen-bond acceptors (Lipinski definition) is 8. The Balaban J connectivity index is 0.000000412. The Hall–Kier alpha value is -3.56. The molecule has 2 N–H and O–H groups in total. The van der Waals surface area contributed by atoms with E-state index in [1.54, 1.807) is 12.3 Å². The summed E-state index contributed by atoms with van der Waals surface area (Å²) < 4.78 is 21.1. The number of phenolic OH excluding ortho intramolecular Hbond substituents is 1. The molecule has 4 heterocycles. The van der Waals surface area contributed by atoms with Gasteiger partial charge in [0.2, 0.25) is 0 Å². The first-order valence-electron chi connectivity index (χ1n) is 12.8. The number of ether oxygens (including phenoxy) is 1. The van der Waals surface area contributed by atoms with Crippen molar-refractivity contribution in [2.24, 2.45) is 0 Å². The Morgan fingerprint density at radius 1 is 0.973 bits per heavy atom. The first-order chi connectivity index (χ1) is 18.0. The average Bonchev–Trinajstić information content (AvgIpc) is 3.23. The van der Waals surface area contributed by atoms with Gasteiger partial charge in [-0.2, -0.15) is 9.97 Å². The third-order valence-electron chi connectivity index (χ3n) is 6.90. The smallest absolute Gasteiger partial charge is 0.318 e. The SMILES string of the molecule is CN1CCCC1.COc1nc(N2CCCNCC2)c2cnc(-c3cc(O)cc4ccccc34)c(F)c2n1. The van der Waals surface area contributed by atoms with E-state index >= 15 is 4.39 Å². The fourth-order valence-corrected chi connectivity index (χ4v) is 4.97. The van der Waals surface area contributed by atoms with Crippen LogP contribution in [0.2, 0.25) is 0 Å². The van der Waals surface area contributed by atoms with Crippen molar-refractivity contribution in [1.82, 2.24) is 25.2 Å². The Labute approximate surface area is 216 Å². The van der Waals surface area contributed by atoms with Crippen molar-refractivity contribution in [2.75, 3.05) is 58.3 Å². The summed E-state index contributed by atoms with van der Waals surface area (Å²) >= 11 is 0. The lowest BCUT2D eigenvalue weighted by Crippen LogP contribution is -2.29. The maximum absolute atomic E-state index is 15.8. The molecule has 0 bridgehead atoms. The Morgan fingerprint density at radius 3 is 2.54 bits per heavy atom. The van der Waals surface area contributed by atoms with Gasteiger partial charge in [-0.1, -0.05) is 24.3 Å². The summed E-state index contributed by atoms with van der Waals surface area (Å²) in [5, 5.41) is 15.7. The lowest BCUT2D eigenvalue weighted by atomic mass is 10.0. The fraction of sp³-hybridized carbons (Fsp3) is 0.393. The summed E-state index contributed by atoms with van der Waals surface area (Å²) in [7, 11) is 3.64. The van der Waals surface area contributed by atoms with Crippen molar-refractivity contribution in [1.29, 1.82) is 0 Å². The predicted octanol–water partition coefficient (Wildman–Crippen LogP) is 4.21. The van der Waals surface area contributed by atoms with Gasteiger partial charge in [0.05, 0.1) is 12.5 Å². The van der Waals surface area contributed by atoms with Crippen LogP contribution in [0, 0.1) is 5.82 Å². The number of nitrogens with zero attached hydrogens (tertiary/aromatic N) is 5. The molecule has 2 saturated heterocycles. The number of halogens is 1. The van der Waals surface area contributed by atoms with Crippen molar-refractivity contribution in [3.05, 3.63) is 48.4 Å². The van der Waals surface area contributed by atoms with Crippen LogP contribution >= 0.6 is 0 Å². The van der Waals surface area contributed by atoms with Crippen molar-refractivity contribution in [3.63, 3.8) is 0 Å². The first kappa shape index (κ1) is 25.1. The van der Waals surface area contributed by atoms with E-state index in [0.29, 0.717) is 16.8 Å². The van der Waals surface area contributed by atoms with Crippen LogP contribution in [0.5, 0.6) is 11.8 Å². The van der Waals surface area contributed by atoms with Gasteiger partial charge in [-0.15, -0.1) is 0 Å². The molecule has 0 saturated carbocycles. The highest BCUT2D eigenvalue weighted by Gasteiger charge is 2.22. The first-order valence-corrected chi connectivity index (χ1v) is 12.8. The van der Waals surface area contributed by atoms with E-state index in [4.69, 9.17) is 4.74 Å². The fourth-order valence-electron chi connectivity index (χ4n) is 4.97. The summed E-state index contributed by atoms with van der Waals surface area (Å²) in [4.78, 5) is 17.7. The Bertz CT molecular complexity index is 1380. The van der Waals surface area contributed by atoms with Crippen LogP contribution in [0.4, 0.5) is 10.2 Å². The molecule has 2 aliphatic heterocycles. The summed E-state index contributed by atoms with van der Waals surface area (Å²) in [5.41, 5.74) is 0.786. The van der Waals surface area contributed by atoms with Crippen LogP contribution in [0.1, 0.15) is 19.3 Å². The normalized spacial score (nSPS) is 16.5. The number of pyridine rings is 1. The monoisotopic (exact) mass is 504 g/mol. The van der Waals surface area contributed by atoms with Crippen LogP contribution in [-0.2, 0) is 0 Å². The minimum absolute atomic E-state index is 0.0491. The zero-order chi connectivity index (χ0) is 25.8. The summed E-state index contributed by atoms with van der Waals surface area (Å²) in [6.07, 6.45) is 5.39. The second-order valence-corrected chi connectivity index (χ2v) is 9.53. The molecule has 8 nitrogen and oxygen atoms in total. The van der Waals surface area contributed by atoms with Crippen LogP contribution in [-0.4, -0.2) is 78.4 Å². The molecule has 2 aliphatic rings. The molecule has 37 heavy (non-hydrogen) atoms. The number of benzene rings is 2. The van der Waals surface area contributed by atoms with Crippen LogP contribution in [0.3, 0.4) is 0 Å². The van der Waals surface area contributed by atoms with Gasteiger partial charge in [0.15, 0.2) is 5.82 Å². The maximum atomic E-state index is 15.8. The molecule has 2 aromatic heterocycles. The second kappa shape index (κ2) is 11.2. The minimum atomic E-state index is -0.567. The van der Waals surface area contributed by atoms with Crippen LogP contribution in [0.15, 0.2) is 42.6 Å². The van der Waals surface area contributed by atoms with Gasteiger partial charge >= 0.3 is 6.01 Å². The van der Waals surface area contributed by atoms with E-state index in [1.165, 1.54) is 39.1 Å². The third kappa shape index (κ3) is 5.42. The average molecular weight is 505 g/mol. The van der Waals surface area contributed by atoms with Crippen molar-refractivity contribution >= 4 is 27.5 Å². The summed E-state index contributed by atoms with van der Waals surface area (Å²) in [6, 6.07) is 10.8. The Kier molecular flexibility index (Phi) is 7.62. The molecule has 0 atom stereocenters. The van der Waals surface area contributed by atoms with Gasteiger partial charge in [0, 0.05) is 31.4 Å². The van der Waals surface area contributed by atoms with Crippen molar-refractivity contribution in [2.45, 2.75) is 19.3 Å². The molecule has 0 amide bonds. The highest BCUT2D eigenvalue weighted by molar-refractivity contribution is 5.99. The van der Waals surface area contributed by atoms with Gasteiger partial charge in [0.1, 0.15) is 22.8 Å². The van der Waals surface area contributed by atoms with Gasteiger partial charge < -0.3 is 25.0 Å². The van der Waals surface area contributed by atoms with E-state index < -0.39 is 5.82 Å². The number of fused-ring (bicyclic) bond motifs is 2. The highest BCUT2D eigenvalue weighted by Crippen LogP contribution is 2.36. The lowest BCUT2D eigenvalue weighted by molar-refractivity contribution is 0.381. The number of phenols is 1. The molecule has 9 heteroatoms. The molecule has 0 radical (unpaired) electrons. The molecule has 194 valence electrons. The van der Waals surface area contributed by atoms with E-state index in [9.17, 15) is 5.11 Å². The predicted molar refractivity (Wildman–Crippen MR) is 145 cm³/mol. The molecular weight excluding hydrogens is 471 g/mol. The number of hydrogen-bond donors (Lipinski definition) is 2. The van der Waals surface area contributed by atoms with Gasteiger partial charge in [-0.05, 0) is 68.8 Å². The molecule has 4 aromatic rings. The topological polar surface area (TPSA) is 86.6 Å².